The number of ether oxygens (including phenoxy) is 1. The van der Waals surface area contributed by atoms with Gasteiger partial charge in [0.05, 0.1) is 5.56 Å². The average molecular weight is 263 g/mol. The molecule has 5 nitrogen and oxygen atoms in total. The number of benzene rings is 1. The van der Waals surface area contributed by atoms with Crippen molar-refractivity contribution in [2.45, 2.75) is 25.9 Å². The van der Waals surface area contributed by atoms with Gasteiger partial charge in [-0.15, -0.1) is 0 Å². The molecule has 102 valence electrons. The van der Waals surface area contributed by atoms with Gasteiger partial charge in [0.2, 0.25) is 5.91 Å². The van der Waals surface area contributed by atoms with Crippen LogP contribution in [0.15, 0.2) is 24.3 Å². The number of carbonyl (C=O) groups is 2. The number of amides is 1. The summed E-state index contributed by atoms with van der Waals surface area (Å²) in [6, 6.07) is 6.49. The van der Waals surface area contributed by atoms with Gasteiger partial charge in [-0.1, -0.05) is 6.07 Å². The molecule has 1 aliphatic heterocycles. The number of carboxylic acids is 1. The van der Waals surface area contributed by atoms with Crippen molar-refractivity contribution in [1.82, 2.24) is 4.90 Å². The van der Waals surface area contributed by atoms with Crippen molar-refractivity contribution >= 4 is 11.9 Å². The maximum Gasteiger partial charge on any atom is 0.335 e. The summed E-state index contributed by atoms with van der Waals surface area (Å²) in [5.41, 5.74) is 0.221. The molecule has 0 saturated carbocycles. The standard InChI is InChI=1S/C14H17NO4/c1-10(16)15-7-5-12(6-8-15)19-13-4-2-3-11(9-13)14(17)18/h2-4,9,12H,5-8H2,1H3,(H,17,18). The highest BCUT2D eigenvalue weighted by atomic mass is 16.5. The average Bonchev–Trinajstić information content (AvgIpc) is 2.39. The zero-order chi connectivity index (χ0) is 13.8. The second-order valence-corrected chi connectivity index (χ2v) is 4.66. The fourth-order valence-electron chi connectivity index (χ4n) is 2.18. The third-order valence-electron chi connectivity index (χ3n) is 3.27. The first kappa shape index (κ1) is 13.4. The number of nitrogens with zero attached hydrogens (tertiary/aromatic N) is 1. The minimum Gasteiger partial charge on any atom is -0.490 e. The minimum atomic E-state index is -0.961. The van der Waals surface area contributed by atoms with Crippen molar-refractivity contribution in [3.63, 3.8) is 0 Å². The maximum atomic E-state index is 11.2. The quantitative estimate of drug-likeness (QED) is 0.902. The third-order valence-corrected chi connectivity index (χ3v) is 3.27. The van der Waals surface area contributed by atoms with Crippen molar-refractivity contribution in [2.24, 2.45) is 0 Å². The predicted molar refractivity (Wildman–Crippen MR) is 69.3 cm³/mol. The first-order valence-corrected chi connectivity index (χ1v) is 6.32. The van der Waals surface area contributed by atoms with Gasteiger partial charge in [-0.2, -0.15) is 0 Å². The van der Waals surface area contributed by atoms with Crippen LogP contribution in [0.5, 0.6) is 5.75 Å². The number of rotatable bonds is 3. The Labute approximate surface area is 111 Å². The van der Waals surface area contributed by atoms with E-state index < -0.39 is 5.97 Å². The van der Waals surface area contributed by atoms with E-state index >= 15 is 0 Å². The summed E-state index contributed by atoms with van der Waals surface area (Å²) in [6.07, 6.45) is 1.59. The minimum absolute atomic E-state index is 0.0413. The van der Waals surface area contributed by atoms with Gasteiger partial charge in [-0.3, -0.25) is 4.79 Å². The molecule has 1 fully saturated rings. The van der Waals surface area contributed by atoms with Gasteiger partial charge in [0.1, 0.15) is 11.9 Å². The van der Waals surface area contributed by atoms with Crippen molar-refractivity contribution in [1.29, 1.82) is 0 Å². The number of hydrogen-bond donors (Lipinski definition) is 1. The van der Waals surface area contributed by atoms with Gasteiger partial charge >= 0.3 is 5.97 Å². The van der Waals surface area contributed by atoms with Crippen LogP contribution in [0.25, 0.3) is 0 Å². The predicted octanol–water partition coefficient (Wildman–Crippen LogP) is 1.77. The SMILES string of the molecule is CC(=O)N1CCC(Oc2cccc(C(=O)O)c2)CC1. The van der Waals surface area contributed by atoms with Crippen LogP contribution in [0, 0.1) is 0 Å². The van der Waals surface area contributed by atoms with Crippen molar-refractivity contribution < 1.29 is 19.4 Å². The second kappa shape index (κ2) is 5.73. The first-order valence-electron chi connectivity index (χ1n) is 6.32. The zero-order valence-electron chi connectivity index (χ0n) is 10.8. The lowest BCUT2D eigenvalue weighted by molar-refractivity contribution is -0.130. The van der Waals surface area contributed by atoms with E-state index in [1.54, 1.807) is 24.0 Å². The summed E-state index contributed by atoms with van der Waals surface area (Å²) in [6.45, 7) is 2.95. The summed E-state index contributed by atoms with van der Waals surface area (Å²) in [4.78, 5) is 23.9. The topological polar surface area (TPSA) is 66.8 Å². The number of aromatic carboxylic acids is 1. The molecule has 0 spiro atoms. The summed E-state index contributed by atoms with van der Waals surface area (Å²) in [5.74, 6) is -0.302. The van der Waals surface area contributed by atoms with E-state index in [-0.39, 0.29) is 17.6 Å². The van der Waals surface area contributed by atoms with Gasteiger partial charge in [0.25, 0.3) is 0 Å². The Balaban J connectivity index is 1.94. The summed E-state index contributed by atoms with van der Waals surface area (Å²) >= 11 is 0. The fraction of sp³-hybridized carbons (Fsp3) is 0.429. The summed E-state index contributed by atoms with van der Waals surface area (Å²) in [5, 5.41) is 8.91. The van der Waals surface area contributed by atoms with Crippen LogP contribution in [0.4, 0.5) is 0 Å². The molecular formula is C14H17NO4. The molecule has 0 atom stereocenters. The third kappa shape index (κ3) is 3.47. The smallest absolute Gasteiger partial charge is 0.335 e. The van der Waals surface area contributed by atoms with E-state index in [4.69, 9.17) is 9.84 Å². The lowest BCUT2D eigenvalue weighted by Gasteiger charge is -2.31. The molecule has 1 saturated heterocycles. The lowest BCUT2D eigenvalue weighted by atomic mass is 10.1. The van der Waals surface area contributed by atoms with Crippen LogP contribution in [-0.2, 0) is 4.79 Å². The van der Waals surface area contributed by atoms with Crippen molar-refractivity contribution in [2.75, 3.05) is 13.1 Å². The molecule has 1 N–H and O–H groups in total. The molecule has 1 aromatic rings. The Hall–Kier alpha value is -2.04. The van der Waals surface area contributed by atoms with Gasteiger partial charge in [0, 0.05) is 32.9 Å². The monoisotopic (exact) mass is 263 g/mol. The lowest BCUT2D eigenvalue weighted by Crippen LogP contribution is -2.40. The number of piperidine rings is 1. The second-order valence-electron chi connectivity index (χ2n) is 4.66. The molecule has 2 rings (SSSR count). The molecule has 0 unspecified atom stereocenters. The van der Waals surface area contributed by atoms with Crippen LogP contribution >= 0.6 is 0 Å². The van der Waals surface area contributed by atoms with E-state index in [2.05, 4.69) is 0 Å². The highest BCUT2D eigenvalue weighted by Crippen LogP contribution is 2.20. The fourth-order valence-corrected chi connectivity index (χ4v) is 2.18. The molecule has 0 aliphatic carbocycles. The number of carbonyl (C=O) groups excluding carboxylic acids is 1. The van der Waals surface area contributed by atoms with E-state index in [1.165, 1.54) is 12.1 Å². The molecule has 1 amide bonds. The Kier molecular flexibility index (Phi) is 4.04. The molecule has 1 aromatic carbocycles. The van der Waals surface area contributed by atoms with E-state index in [0.29, 0.717) is 18.8 Å². The Morgan fingerprint density at radius 1 is 1.32 bits per heavy atom. The van der Waals surface area contributed by atoms with Crippen LogP contribution in [0.1, 0.15) is 30.1 Å². The van der Waals surface area contributed by atoms with Crippen LogP contribution in [-0.4, -0.2) is 41.1 Å². The molecule has 19 heavy (non-hydrogen) atoms. The van der Waals surface area contributed by atoms with Crippen molar-refractivity contribution in [3.8, 4) is 5.75 Å². The maximum absolute atomic E-state index is 11.2. The molecule has 1 aliphatic rings. The Morgan fingerprint density at radius 3 is 2.58 bits per heavy atom. The molecule has 0 radical (unpaired) electrons. The van der Waals surface area contributed by atoms with Gasteiger partial charge in [-0.25, -0.2) is 4.79 Å². The van der Waals surface area contributed by atoms with E-state index in [1.807, 2.05) is 0 Å². The first-order chi connectivity index (χ1) is 9.06. The van der Waals surface area contributed by atoms with Crippen LogP contribution in [0.3, 0.4) is 0 Å². The molecule has 0 bridgehead atoms. The molecule has 0 aromatic heterocycles. The summed E-state index contributed by atoms with van der Waals surface area (Å²) in [7, 11) is 0. The van der Waals surface area contributed by atoms with Crippen molar-refractivity contribution in [3.05, 3.63) is 29.8 Å². The highest BCUT2D eigenvalue weighted by molar-refractivity contribution is 5.88. The van der Waals surface area contributed by atoms with Gasteiger partial charge in [-0.05, 0) is 18.2 Å². The highest BCUT2D eigenvalue weighted by Gasteiger charge is 2.22. The normalized spacial score (nSPS) is 16.2. The van der Waals surface area contributed by atoms with Crippen LogP contribution in [0.2, 0.25) is 0 Å². The Morgan fingerprint density at radius 2 is 2.00 bits per heavy atom. The van der Waals surface area contributed by atoms with E-state index in [9.17, 15) is 9.59 Å². The van der Waals surface area contributed by atoms with Gasteiger partial charge < -0.3 is 14.7 Å². The molecular weight excluding hydrogens is 246 g/mol. The number of likely N-dealkylation sites (tertiary alicyclic amines) is 1. The Bertz CT molecular complexity index is 478. The number of carboxylic acid groups (broad SMARTS) is 1. The van der Waals surface area contributed by atoms with E-state index in [0.717, 1.165) is 12.8 Å². The number of hydrogen-bond acceptors (Lipinski definition) is 3. The van der Waals surface area contributed by atoms with Gasteiger partial charge in [0.15, 0.2) is 0 Å². The largest absolute Gasteiger partial charge is 0.490 e. The molecule has 1 heterocycles. The molecule has 5 heteroatoms. The van der Waals surface area contributed by atoms with Crippen LogP contribution < -0.4 is 4.74 Å². The summed E-state index contributed by atoms with van der Waals surface area (Å²) < 4.78 is 5.77. The zero-order valence-corrected chi connectivity index (χ0v) is 10.8.